The number of alkyl halides is 2. The molecule has 0 aliphatic carbocycles. The van der Waals surface area contributed by atoms with Crippen molar-refractivity contribution in [3.05, 3.63) is 18.2 Å². The highest BCUT2D eigenvalue weighted by Crippen LogP contribution is 2.31. The summed E-state index contributed by atoms with van der Waals surface area (Å²) < 4.78 is 36.6. The van der Waals surface area contributed by atoms with Crippen LogP contribution in [0.15, 0.2) is 28.2 Å². The molecule has 4 N–H and O–H groups in total. The number of nitrogens with zero attached hydrogens (tertiary/aromatic N) is 3. The first-order valence-corrected chi connectivity index (χ1v) is 6.88. The zero-order chi connectivity index (χ0) is 17.0. The van der Waals surface area contributed by atoms with Gasteiger partial charge in [-0.25, -0.2) is 13.8 Å². The van der Waals surface area contributed by atoms with E-state index in [0.29, 0.717) is 17.2 Å². The van der Waals surface area contributed by atoms with Crippen LogP contribution in [0.25, 0.3) is 0 Å². The van der Waals surface area contributed by atoms with Crippen LogP contribution in [0.4, 0.5) is 14.5 Å². The Labute approximate surface area is 132 Å². The summed E-state index contributed by atoms with van der Waals surface area (Å²) in [6.07, 6.45) is -0.254. The molecule has 0 amide bonds. The third-order valence-electron chi connectivity index (χ3n) is 3.33. The van der Waals surface area contributed by atoms with Crippen LogP contribution in [0.2, 0.25) is 0 Å². The highest BCUT2D eigenvalue weighted by Gasteiger charge is 2.39. The van der Waals surface area contributed by atoms with Crippen molar-refractivity contribution in [1.82, 2.24) is 4.90 Å². The van der Waals surface area contributed by atoms with E-state index in [9.17, 15) is 8.78 Å². The molecular weight excluding hydrogens is 308 g/mol. The smallest absolute Gasteiger partial charge is 0.267 e. The van der Waals surface area contributed by atoms with E-state index < -0.39 is 12.5 Å². The molecule has 1 heterocycles. The van der Waals surface area contributed by atoms with Crippen molar-refractivity contribution in [2.45, 2.75) is 12.3 Å². The van der Waals surface area contributed by atoms with Crippen LogP contribution in [-0.2, 0) is 0 Å². The standard InChI is InChI=1S/C14H19F2N5O2/c1-22-10-4-3-9(7-11(10)23-2)19-12(17)20-13(18)21-6-5-14(15,16)8-21/h3-4,7H,5-6,8H2,1-2H3,(H4,17,18,19,20). The maximum absolute atomic E-state index is 13.2. The number of methoxy groups -OCH3 is 2. The third-order valence-corrected chi connectivity index (χ3v) is 3.33. The number of hydrogen-bond acceptors (Lipinski definition) is 3. The number of rotatable bonds is 3. The molecule has 1 fully saturated rings. The SMILES string of the molecule is COc1ccc(N=C(N)N=C(N)N2CCC(F)(F)C2)cc1OC. The molecule has 0 spiro atoms. The van der Waals surface area contributed by atoms with Crippen molar-refractivity contribution in [2.75, 3.05) is 27.3 Å². The van der Waals surface area contributed by atoms with Crippen LogP contribution in [0.1, 0.15) is 6.42 Å². The minimum atomic E-state index is -2.75. The Bertz CT molecular complexity index is 634. The van der Waals surface area contributed by atoms with E-state index in [4.69, 9.17) is 20.9 Å². The van der Waals surface area contributed by atoms with Gasteiger partial charge in [0.05, 0.1) is 26.5 Å². The van der Waals surface area contributed by atoms with Crippen molar-refractivity contribution in [1.29, 1.82) is 0 Å². The van der Waals surface area contributed by atoms with Crippen LogP contribution >= 0.6 is 0 Å². The monoisotopic (exact) mass is 327 g/mol. The molecular formula is C14H19F2N5O2. The van der Waals surface area contributed by atoms with Gasteiger partial charge in [0.25, 0.3) is 5.92 Å². The van der Waals surface area contributed by atoms with Crippen molar-refractivity contribution in [3.8, 4) is 11.5 Å². The van der Waals surface area contributed by atoms with Gasteiger partial charge in [-0.2, -0.15) is 4.99 Å². The maximum atomic E-state index is 13.2. The van der Waals surface area contributed by atoms with Crippen molar-refractivity contribution >= 4 is 17.6 Å². The van der Waals surface area contributed by atoms with Crippen LogP contribution in [0, 0.1) is 0 Å². The molecule has 1 aliphatic rings. The molecule has 0 unspecified atom stereocenters. The number of hydrogen-bond donors (Lipinski definition) is 2. The first-order valence-electron chi connectivity index (χ1n) is 6.88. The van der Waals surface area contributed by atoms with Gasteiger partial charge in [0.2, 0.25) is 5.96 Å². The fraction of sp³-hybridized carbons (Fsp3) is 0.429. The van der Waals surface area contributed by atoms with Gasteiger partial charge in [-0.15, -0.1) is 0 Å². The molecule has 23 heavy (non-hydrogen) atoms. The number of likely N-dealkylation sites (tertiary alicyclic amines) is 1. The summed E-state index contributed by atoms with van der Waals surface area (Å²) >= 11 is 0. The predicted octanol–water partition coefficient (Wildman–Crippen LogP) is 1.31. The average Bonchev–Trinajstić information content (AvgIpc) is 2.87. The lowest BCUT2D eigenvalue weighted by Gasteiger charge is -2.16. The predicted molar refractivity (Wildman–Crippen MR) is 83.6 cm³/mol. The number of halogens is 2. The van der Waals surface area contributed by atoms with Gasteiger partial charge in [0, 0.05) is 19.0 Å². The van der Waals surface area contributed by atoms with Crippen LogP contribution in [-0.4, -0.2) is 50.1 Å². The second-order valence-corrected chi connectivity index (χ2v) is 5.01. The lowest BCUT2D eigenvalue weighted by Crippen LogP contribution is -2.38. The molecule has 0 aromatic heterocycles. The van der Waals surface area contributed by atoms with Gasteiger partial charge < -0.3 is 25.8 Å². The Balaban J connectivity index is 2.15. The van der Waals surface area contributed by atoms with E-state index >= 15 is 0 Å². The lowest BCUT2D eigenvalue weighted by atomic mass is 10.3. The molecule has 0 atom stereocenters. The highest BCUT2D eigenvalue weighted by molar-refractivity contribution is 5.94. The van der Waals surface area contributed by atoms with Gasteiger partial charge in [0.1, 0.15) is 0 Å². The summed E-state index contributed by atoms with van der Waals surface area (Å²) in [6, 6.07) is 4.93. The zero-order valence-electron chi connectivity index (χ0n) is 12.9. The van der Waals surface area contributed by atoms with Crippen molar-refractivity contribution in [2.24, 2.45) is 21.5 Å². The first-order chi connectivity index (χ1) is 10.8. The Kier molecular flexibility index (Phi) is 4.87. The second-order valence-electron chi connectivity index (χ2n) is 5.01. The summed E-state index contributed by atoms with van der Waals surface area (Å²) in [5.74, 6) is -1.94. The van der Waals surface area contributed by atoms with E-state index in [-0.39, 0.29) is 24.9 Å². The topological polar surface area (TPSA) is 98.5 Å². The summed E-state index contributed by atoms with van der Waals surface area (Å²) in [6.45, 7) is -0.335. The number of guanidine groups is 2. The van der Waals surface area contributed by atoms with E-state index in [1.807, 2.05) is 0 Å². The van der Waals surface area contributed by atoms with E-state index in [2.05, 4.69) is 9.98 Å². The van der Waals surface area contributed by atoms with Gasteiger partial charge in [-0.3, -0.25) is 0 Å². The Morgan fingerprint density at radius 2 is 1.91 bits per heavy atom. The minimum Gasteiger partial charge on any atom is -0.493 e. The molecule has 1 saturated heterocycles. The fourth-order valence-corrected chi connectivity index (χ4v) is 2.17. The Morgan fingerprint density at radius 3 is 2.48 bits per heavy atom. The van der Waals surface area contributed by atoms with Crippen LogP contribution in [0.5, 0.6) is 11.5 Å². The quantitative estimate of drug-likeness (QED) is 0.644. The minimum absolute atomic E-state index is 0.0797. The Hall–Kier alpha value is -2.58. The number of benzene rings is 1. The fourth-order valence-electron chi connectivity index (χ4n) is 2.17. The largest absolute Gasteiger partial charge is 0.493 e. The van der Waals surface area contributed by atoms with E-state index in [0.717, 1.165) is 0 Å². The molecule has 0 bridgehead atoms. The molecule has 9 heteroatoms. The highest BCUT2D eigenvalue weighted by atomic mass is 19.3. The van der Waals surface area contributed by atoms with E-state index in [1.165, 1.54) is 19.1 Å². The van der Waals surface area contributed by atoms with Gasteiger partial charge in [0.15, 0.2) is 17.5 Å². The van der Waals surface area contributed by atoms with Crippen LogP contribution in [0.3, 0.4) is 0 Å². The lowest BCUT2D eigenvalue weighted by molar-refractivity contribution is 0.0175. The van der Waals surface area contributed by atoms with Crippen molar-refractivity contribution in [3.63, 3.8) is 0 Å². The zero-order valence-corrected chi connectivity index (χ0v) is 12.9. The molecule has 1 aliphatic heterocycles. The van der Waals surface area contributed by atoms with E-state index in [1.54, 1.807) is 18.2 Å². The summed E-state index contributed by atoms with van der Waals surface area (Å²) in [4.78, 5) is 9.20. The van der Waals surface area contributed by atoms with Crippen molar-refractivity contribution < 1.29 is 18.3 Å². The average molecular weight is 327 g/mol. The maximum Gasteiger partial charge on any atom is 0.267 e. The number of nitrogens with two attached hydrogens (primary N) is 2. The summed E-state index contributed by atoms with van der Waals surface area (Å²) in [7, 11) is 3.02. The van der Waals surface area contributed by atoms with Crippen LogP contribution < -0.4 is 20.9 Å². The second kappa shape index (κ2) is 6.67. The molecule has 2 rings (SSSR count). The molecule has 1 aromatic carbocycles. The summed E-state index contributed by atoms with van der Waals surface area (Å²) in [5.41, 5.74) is 11.9. The molecule has 126 valence electrons. The Morgan fingerprint density at radius 1 is 1.22 bits per heavy atom. The molecule has 1 aromatic rings. The normalized spacial score (nSPS) is 18.2. The number of aliphatic imine (C=N–C) groups is 2. The van der Waals surface area contributed by atoms with Gasteiger partial charge >= 0.3 is 0 Å². The van der Waals surface area contributed by atoms with Gasteiger partial charge in [-0.1, -0.05) is 0 Å². The van der Waals surface area contributed by atoms with Gasteiger partial charge in [-0.05, 0) is 12.1 Å². The molecule has 0 radical (unpaired) electrons. The summed E-state index contributed by atoms with van der Waals surface area (Å²) in [5, 5.41) is 0. The molecule has 7 nitrogen and oxygen atoms in total. The number of ether oxygens (including phenoxy) is 2. The molecule has 0 saturated carbocycles. The first kappa shape index (κ1) is 16.8. The third kappa shape index (κ3) is 4.21.